The Balaban J connectivity index is 1.84. The van der Waals surface area contributed by atoms with Gasteiger partial charge in [0.2, 0.25) is 11.8 Å². The number of ether oxygens (including phenoxy) is 2. The molecule has 3 N–H and O–H groups in total. The quantitative estimate of drug-likeness (QED) is 0.403. The number of rotatable bonds is 3. The number of carbonyl (C=O) groups excluding carboxylic acids is 4. The molecule has 3 rings (SSSR count). The molecular weight excluding hydrogens is 454 g/mol. The van der Waals surface area contributed by atoms with Crippen molar-refractivity contribution in [3.63, 3.8) is 0 Å². The van der Waals surface area contributed by atoms with E-state index in [0.29, 0.717) is 19.3 Å². The summed E-state index contributed by atoms with van der Waals surface area (Å²) < 4.78 is 10.6. The first-order valence-corrected chi connectivity index (χ1v) is 12.6. The van der Waals surface area contributed by atoms with Gasteiger partial charge in [-0.3, -0.25) is 9.59 Å². The van der Waals surface area contributed by atoms with Gasteiger partial charge in [-0.25, -0.2) is 9.59 Å². The topological polar surface area (TPSA) is 134 Å². The molecular formula is C25H39N3O7. The summed E-state index contributed by atoms with van der Waals surface area (Å²) in [7, 11) is 0. The van der Waals surface area contributed by atoms with Crippen LogP contribution in [-0.2, 0) is 23.9 Å². The van der Waals surface area contributed by atoms with E-state index in [1.54, 1.807) is 27.7 Å². The maximum absolute atomic E-state index is 13.5. The Morgan fingerprint density at radius 2 is 2.00 bits per heavy atom. The van der Waals surface area contributed by atoms with Crippen LogP contribution in [0.15, 0.2) is 12.2 Å². The molecule has 2 heterocycles. The zero-order valence-corrected chi connectivity index (χ0v) is 21.2. The lowest BCUT2D eigenvalue weighted by Crippen LogP contribution is -2.56. The lowest BCUT2D eigenvalue weighted by molar-refractivity contribution is -0.150. The first-order chi connectivity index (χ1) is 16.5. The van der Waals surface area contributed by atoms with Crippen LogP contribution < -0.4 is 10.6 Å². The average Bonchev–Trinajstić information content (AvgIpc) is 3.30. The number of hydrogen-bond acceptors (Lipinski definition) is 7. The zero-order valence-electron chi connectivity index (χ0n) is 21.2. The summed E-state index contributed by atoms with van der Waals surface area (Å²) in [6.45, 7) is 7.08. The van der Waals surface area contributed by atoms with Gasteiger partial charge >= 0.3 is 12.1 Å². The third-order valence-corrected chi connectivity index (χ3v) is 6.59. The van der Waals surface area contributed by atoms with Crippen molar-refractivity contribution in [2.75, 3.05) is 13.2 Å². The lowest BCUT2D eigenvalue weighted by atomic mass is 10.0. The molecule has 3 aliphatic rings. The molecule has 1 saturated carbocycles. The van der Waals surface area contributed by atoms with E-state index in [0.717, 1.165) is 19.3 Å². The molecule has 5 atom stereocenters. The normalized spacial score (nSPS) is 31.9. The van der Waals surface area contributed by atoms with Crippen LogP contribution in [0.3, 0.4) is 0 Å². The van der Waals surface area contributed by atoms with Crippen molar-refractivity contribution in [2.45, 2.75) is 102 Å². The monoisotopic (exact) mass is 493 g/mol. The van der Waals surface area contributed by atoms with Crippen molar-refractivity contribution in [1.29, 1.82) is 0 Å². The molecule has 1 aliphatic carbocycles. The molecule has 35 heavy (non-hydrogen) atoms. The van der Waals surface area contributed by atoms with Crippen LogP contribution in [0, 0.1) is 5.92 Å². The molecule has 0 aromatic heterocycles. The summed E-state index contributed by atoms with van der Waals surface area (Å²) in [5.74, 6) is -1.62. The van der Waals surface area contributed by atoms with Gasteiger partial charge < -0.3 is 30.1 Å². The molecule has 0 spiro atoms. The van der Waals surface area contributed by atoms with Gasteiger partial charge in [0.25, 0.3) is 0 Å². The molecule has 0 aromatic rings. The second-order valence-corrected chi connectivity index (χ2v) is 10.7. The van der Waals surface area contributed by atoms with Gasteiger partial charge in [0.1, 0.15) is 23.2 Å². The average molecular weight is 494 g/mol. The van der Waals surface area contributed by atoms with Gasteiger partial charge in [-0.15, -0.1) is 0 Å². The Bertz CT molecular complexity index is 852. The molecule has 196 valence electrons. The second kappa shape index (κ2) is 11.0. The molecule has 0 radical (unpaired) electrons. The predicted molar refractivity (Wildman–Crippen MR) is 127 cm³/mol. The van der Waals surface area contributed by atoms with E-state index in [1.807, 2.05) is 12.2 Å². The highest BCUT2D eigenvalue weighted by molar-refractivity contribution is 5.96. The number of fused-ring (bicyclic) bond motifs is 2. The molecule has 0 unspecified atom stereocenters. The number of alkyl carbamates (subject to hydrolysis) is 1. The second-order valence-electron chi connectivity index (χ2n) is 10.7. The molecule has 3 amide bonds. The summed E-state index contributed by atoms with van der Waals surface area (Å²) in [4.78, 5) is 53.4. The molecule has 0 bridgehead atoms. The third-order valence-electron chi connectivity index (χ3n) is 6.59. The summed E-state index contributed by atoms with van der Waals surface area (Å²) in [5.41, 5.74) is -1.88. The predicted octanol–water partition coefficient (Wildman–Crippen LogP) is 1.80. The minimum Gasteiger partial charge on any atom is -0.464 e. The molecule has 0 aromatic carbocycles. The van der Waals surface area contributed by atoms with Crippen molar-refractivity contribution >= 4 is 23.9 Å². The fraction of sp³-hybridized carbons (Fsp3) is 0.760. The number of aliphatic hydroxyl groups excluding tert-OH is 1. The molecule has 1 saturated heterocycles. The van der Waals surface area contributed by atoms with Gasteiger partial charge in [-0.2, -0.15) is 0 Å². The van der Waals surface area contributed by atoms with E-state index in [1.165, 1.54) is 4.90 Å². The first kappa shape index (κ1) is 27.0. The van der Waals surface area contributed by atoms with Gasteiger partial charge in [0, 0.05) is 18.9 Å². The van der Waals surface area contributed by atoms with Crippen LogP contribution in [0.2, 0.25) is 0 Å². The van der Waals surface area contributed by atoms with Crippen LogP contribution in [0.25, 0.3) is 0 Å². The summed E-state index contributed by atoms with van der Waals surface area (Å²) in [5, 5.41) is 15.8. The number of esters is 1. The highest BCUT2D eigenvalue weighted by Crippen LogP contribution is 2.46. The Kier molecular flexibility index (Phi) is 8.46. The Morgan fingerprint density at radius 1 is 1.26 bits per heavy atom. The minimum absolute atomic E-state index is 0.0286. The van der Waals surface area contributed by atoms with Crippen LogP contribution in [0.4, 0.5) is 4.79 Å². The van der Waals surface area contributed by atoms with Crippen LogP contribution in [0.5, 0.6) is 0 Å². The van der Waals surface area contributed by atoms with E-state index in [-0.39, 0.29) is 25.5 Å². The standard InChI is InChI=1S/C25H39N3O7/c1-5-34-22(32)25-14-16(25)11-9-7-6-8-10-12-18(26-23(33)35-24(2,3)4)21(31)28-15-17(29)13-19(28)20(30)27-25/h9,11,16-19,29H,5-8,10,12-15H2,1-4H3,(H,26,33)(H,27,30)/t16-,17+,18+,19+,25-/m1/s1. The highest BCUT2D eigenvalue weighted by atomic mass is 16.6. The Hall–Kier alpha value is -2.62. The van der Waals surface area contributed by atoms with Crippen LogP contribution >= 0.6 is 0 Å². The zero-order chi connectivity index (χ0) is 25.8. The molecule has 2 fully saturated rings. The summed E-state index contributed by atoms with van der Waals surface area (Å²) in [6.07, 6.45) is 6.49. The minimum atomic E-state index is -1.15. The van der Waals surface area contributed by atoms with E-state index >= 15 is 0 Å². The first-order valence-electron chi connectivity index (χ1n) is 12.6. The third kappa shape index (κ3) is 6.74. The van der Waals surface area contributed by atoms with E-state index in [2.05, 4.69) is 10.6 Å². The summed E-state index contributed by atoms with van der Waals surface area (Å²) >= 11 is 0. The highest BCUT2D eigenvalue weighted by Gasteiger charge is 2.62. The van der Waals surface area contributed by atoms with E-state index in [4.69, 9.17) is 9.47 Å². The Morgan fingerprint density at radius 3 is 2.69 bits per heavy atom. The fourth-order valence-electron chi connectivity index (χ4n) is 4.77. The van der Waals surface area contributed by atoms with Crippen molar-refractivity contribution in [3.8, 4) is 0 Å². The van der Waals surface area contributed by atoms with Gasteiger partial charge in [0.05, 0.1) is 12.7 Å². The van der Waals surface area contributed by atoms with Crippen molar-refractivity contribution in [2.24, 2.45) is 5.92 Å². The number of aliphatic hydroxyl groups is 1. The SMILES string of the molecule is CCOC(=O)[C@@]12C[C@H]1C=CCCCCC[C@H](NC(=O)OC(C)(C)C)C(=O)N1C[C@@H](O)C[C@H]1C(=O)N2. The van der Waals surface area contributed by atoms with E-state index < -0.39 is 53.2 Å². The number of amides is 3. The number of allylic oxidation sites excluding steroid dienone is 1. The fourth-order valence-corrected chi connectivity index (χ4v) is 4.77. The largest absolute Gasteiger partial charge is 0.464 e. The lowest BCUT2D eigenvalue weighted by Gasteiger charge is -2.30. The molecule has 10 nitrogen and oxygen atoms in total. The van der Waals surface area contributed by atoms with E-state index in [9.17, 15) is 24.3 Å². The number of nitrogens with one attached hydrogen (secondary N) is 2. The molecule has 2 aliphatic heterocycles. The number of nitrogens with zero attached hydrogens (tertiary/aromatic N) is 1. The smallest absolute Gasteiger partial charge is 0.408 e. The maximum atomic E-state index is 13.5. The van der Waals surface area contributed by atoms with Crippen molar-refractivity contribution < 1.29 is 33.8 Å². The van der Waals surface area contributed by atoms with Crippen molar-refractivity contribution in [1.82, 2.24) is 15.5 Å². The number of hydrogen-bond donors (Lipinski definition) is 3. The molecule has 10 heteroatoms. The summed E-state index contributed by atoms with van der Waals surface area (Å²) in [6, 6.07) is -1.85. The van der Waals surface area contributed by atoms with Gasteiger partial charge in [0.15, 0.2) is 0 Å². The number of carbonyl (C=O) groups is 4. The maximum Gasteiger partial charge on any atom is 0.408 e. The van der Waals surface area contributed by atoms with Gasteiger partial charge in [-0.1, -0.05) is 25.0 Å². The van der Waals surface area contributed by atoms with Crippen LogP contribution in [-0.4, -0.2) is 76.4 Å². The Labute approximate surface area is 206 Å². The van der Waals surface area contributed by atoms with Crippen LogP contribution in [0.1, 0.15) is 72.6 Å². The van der Waals surface area contributed by atoms with Crippen molar-refractivity contribution in [3.05, 3.63) is 12.2 Å². The van der Waals surface area contributed by atoms with Gasteiger partial charge in [-0.05, 0) is 53.4 Å².